The number of nitrogens with one attached hydrogen (secondary N) is 1. The highest BCUT2D eigenvalue weighted by Crippen LogP contribution is 2.25. The van der Waals surface area contributed by atoms with Gasteiger partial charge >= 0.3 is 5.97 Å². The van der Waals surface area contributed by atoms with Gasteiger partial charge in [0, 0.05) is 0 Å². The summed E-state index contributed by atoms with van der Waals surface area (Å²) in [4.78, 5) is 23.2. The Labute approximate surface area is 146 Å². The minimum absolute atomic E-state index is 0.147. The predicted octanol–water partition coefficient (Wildman–Crippen LogP) is 2.83. The van der Waals surface area contributed by atoms with Crippen LogP contribution in [-0.2, 0) is 20.9 Å². The van der Waals surface area contributed by atoms with Crippen molar-refractivity contribution >= 4 is 27.8 Å². The minimum atomic E-state index is -0.546. The van der Waals surface area contributed by atoms with Gasteiger partial charge in [-0.05, 0) is 39.7 Å². The van der Waals surface area contributed by atoms with E-state index in [0.717, 1.165) is 5.56 Å². The molecule has 0 spiro atoms. The monoisotopic (exact) mass is 395 g/mol. The molecule has 5 nitrogen and oxygen atoms in total. The van der Waals surface area contributed by atoms with Crippen LogP contribution in [0.5, 0.6) is 5.75 Å². The van der Waals surface area contributed by atoms with Crippen LogP contribution < -0.4 is 10.1 Å². The average Bonchev–Trinajstić information content (AvgIpc) is 2.58. The van der Waals surface area contributed by atoms with Crippen LogP contribution in [0.2, 0.25) is 0 Å². The summed E-state index contributed by atoms with van der Waals surface area (Å²) >= 11 is 3.13. The molecule has 0 aliphatic heterocycles. The number of rotatable bonds is 7. The van der Waals surface area contributed by atoms with E-state index in [2.05, 4.69) is 21.2 Å². The molecule has 2 aromatic rings. The Kier molecular flexibility index (Phi) is 6.74. The first-order chi connectivity index (χ1) is 11.5. The van der Waals surface area contributed by atoms with E-state index in [4.69, 9.17) is 9.47 Å². The van der Waals surface area contributed by atoms with Crippen LogP contribution in [0.15, 0.2) is 53.0 Å². The fourth-order valence-corrected chi connectivity index (χ4v) is 2.21. The first-order valence-electron chi connectivity index (χ1n) is 7.08. The number of esters is 1. The van der Waals surface area contributed by atoms with Gasteiger partial charge < -0.3 is 14.8 Å². The molecule has 0 saturated carbocycles. The largest absolute Gasteiger partial charge is 0.483 e. The molecule has 7 heteroatoms. The van der Waals surface area contributed by atoms with Crippen LogP contribution in [0.1, 0.15) is 5.56 Å². The van der Waals surface area contributed by atoms with Crippen molar-refractivity contribution in [3.63, 3.8) is 0 Å². The van der Waals surface area contributed by atoms with Crippen molar-refractivity contribution in [1.29, 1.82) is 0 Å². The van der Waals surface area contributed by atoms with Gasteiger partial charge in [0.05, 0.1) is 4.47 Å². The first kappa shape index (κ1) is 17.9. The molecule has 126 valence electrons. The average molecular weight is 396 g/mol. The van der Waals surface area contributed by atoms with Gasteiger partial charge in [-0.2, -0.15) is 0 Å². The minimum Gasteiger partial charge on any atom is -0.483 e. The summed E-state index contributed by atoms with van der Waals surface area (Å²) < 4.78 is 23.6. The smallest absolute Gasteiger partial charge is 0.325 e. The summed E-state index contributed by atoms with van der Waals surface area (Å²) in [5.41, 5.74) is 0.863. The van der Waals surface area contributed by atoms with Crippen molar-refractivity contribution in [2.24, 2.45) is 0 Å². The van der Waals surface area contributed by atoms with Crippen LogP contribution in [-0.4, -0.2) is 25.0 Å². The molecule has 0 radical (unpaired) electrons. The molecule has 0 heterocycles. The zero-order valence-corrected chi connectivity index (χ0v) is 14.2. The molecular formula is C17H15BrFNO4. The van der Waals surface area contributed by atoms with E-state index in [0.29, 0.717) is 10.2 Å². The molecule has 24 heavy (non-hydrogen) atoms. The van der Waals surface area contributed by atoms with Gasteiger partial charge in [0.1, 0.15) is 24.7 Å². The summed E-state index contributed by atoms with van der Waals surface area (Å²) in [6, 6.07) is 13.1. The maximum atomic E-state index is 12.9. The number of hydrogen-bond donors (Lipinski definition) is 1. The van der Waals surface area contributed by atoms with Gasteiger partial charge in [0.15, 0.2) is 6.61 Å². The lowest BCUT2D eigenvalue weighted by atomic mass is 10.2. The lowest BCUT2D eigenvalue weighted by molar-refractivity contribution is -0.145. The summed E-state index contributed by atoms with van der Waals surface area (Å²) in [5, 5.41) is 2.39. The summed E-state index contributed by atoms with van der Waals surface area (Å²) in [7, 11) is 0. The molecule has 0 aromatic heterocycles. The molecule has 0 fully saturated rings. The highest BCUT2D eigenvalue weighted by molar-refractivity contribution is 9.10. The third-order valence-corrected chi connectivity index (χ3v) is 3.54. The third-order valence-electron chi connectivity index (χ3n) is 2.93. The Morgan fingerprint density at radius 3 is 2.58 bits per heavy atom. The molecule has 0 aliphatic rings. The fourth-order valence-electron chi connectivity index (χ4n) is 1.75. The number of benzene rings is 2. The van der Waals surface area contributed by atoms with Crippen LogP contribution in [0.3, 0.4) is 0 Å². The Hall–Kier alpha value is -2.41. The van der Waals surface area contributed by atoms with Crippen molar-refractivity contribution in [2.75, 3.05) is 13.2 Å². The molecule has 0 saturated heterocycles. The summed E-state index contributed by atoms with van der Waals surface area (Å²) in [6.07, 6.45) is 0. The molecule has 0 bridgehead atoms. The highest BCUT2D eigenvalue weighted by Gasteiger charge is 2.09. The second-order valence-electron chi connectivity index (χ2n) is 4.79. The lowest BCUT2D eigenvalue weighted by Gasteiger charge is -2.09. The zero-order chi connectivity index (χ0) is 17.4. The summed E-state index contributed by atoms with van der Waals surface area (Å²) in [6.45, 7) is -0.398. The fraction of sp³-hybridized carbons (Fsp3) is 0.176. The number of halogens is 2. The quantitative estimate of drug-likeness (QED) is 0.732. The zero-order valence-electron chi connectivity index (χ0n) is 12.6. The molecule has 0 aliphatic carbocycles. The van der Waals surface area contributed by atoms with Crippen molar-refractivity contribution in [3.8, 4) is 5.75 Å². The van der Waals surface area contributed by atoms with E-state index in [1.807, 2.05) is 30.3 Å². The standard InChI is InChI=1S/C17H15BrFNO4/c18-14-8-13(19)6-7-15(14)23-11-16(21)20-9-17(22)24-10-12-4-2-1-3-5-12/h1-8H,9-11H2,(H,20,21). The molecular weight excluding hydrogens is 381 g/mol. The SMILES string of the molecule is O=C(COc1ccc(F)cc1Br)NCC(=O)OCc1ccccc1. The topological polar surface area (TPSA) is 64.6 Å². The van der Waals surface area contributed by atoms with E-state index < -0.39 is 17.7 Å². The molecule has 0 unspecified atom stereocenters. The van der Waals surface area contributed by atoms with Crippen molar-refractivity contribution in [3.05, 3.63) is 64.4 Å². The Morgan fingerprint density at radius 2 is 1.88 bits per heavy atom. The second kappa shape index (κ2) is 9.02. The number of carbonyl (C=O) groups excluding carboxylic acids is 2. The summed E-state index contributed by atoms with van der Waals surface area (Å²) in [5.74, 6) is -1.11. The number of hydrogen-bond acceptors (Lipinski definition) is 4. The second-order valence-corrected chi connectivity index (χ2v) is 5.64. The van der Waals surface area contributed by atoms with Gasteiger partial charge in [-0.3, -0.25) is 9.59 Å². The molecule has 1 amide bonds. The third kappa shape index (κ3) is 6.00. The Balaban J connectivity index is 1.68. The highest BCUT2D eigenvalue weighted by atomic mass is 79.9. The van der Waals surface area contributed by atoms with E-state index in [9.17, 15) is 14.0 Å². The van der Waals surface area contributed by atoms with E-state index >= 15 is 0 Å². The predicted molar refractivity (Wildman–Crippen MR) is 88.8 cm³/mol. The van der Waals surface area contributed by atoms with Crippen LogP contribution in [0, 0.1) is 5.82 Å². The number of carbonyl (C=O) groups is 2. The molecule has 1 N–H and O–H groups in total. The van der Waals surface area contributed by atoms with Crippen LogP contribution >= 0.6 is 15.9 Å². The Morgan fingerprint density at radius 1 is 1.12 bits per heavy atom. The molecule has 2 rings (SSSR count). The molecule has 0 atom stereocenters. The number of amides is 1. The first-order valence-corrected chi connectivity index (χ1v) is 7.88. The van der Waals surface area contributed by atoms with Gasteiger partial charge in [0.2, 0.25) is 0 Å². The maximum Gasteiger partial charge on any atom is 0.325 e. The van der Waals surface area contributed by atoms with E-state index in [1.165, 1.54) is 18.2 Å². The maximum absolute atomic E-state index is 12.9. The molecule has 2 aromatic carbocycles. The van der Waals surface area contributed by atoms with Crippen LogP contribution in [0.4, 0.5) is 4.39 Å². The van der Waals surface area contributed by atoms with Crippen LogP contribution in [0.25, 0.3) is 0 Å². The lowest BCUT2D eigenvalue weighted by Crippen LogP contribution is -2.34. The van der Waals surface area contributed by atoms with Gasteiger partial charge in [-0.25, -0.2) is 4.39 Å². The van der Waals surface area contributed by atoms with Crippen molar-refractivity contribution in [2.45, 2.75) is 6.61 Å². The van der Waals surface area contributed by atoms with Gasteiger partial charge in [-0.1, -0.05) is 30.3 Å². The van der Waals surface area contributed by atoms with Gasteiger partial charge in [0.25, 0.3) is 5.91 Å². The van der Waals surface area contributed by atoms with Crippen molar-refractivity contribution < 1.29 is 23.5 Å². The van der Waals surface area contributed by atoms with Gasteiger partial charge in [-0.15, -0.1) is 0 Å². The normalized spacial score (nSPS) is 10.1. The Bertz CT molecular complexity index is 709. The van der Waals surface area contributed by atoms with Crippen molar-refractivity contribution in [1.82, 2.24) is 5.32 Å². The number of ether oxygens (including phenoxy) is 2. The van der Waals surface area contributed by atoms with E-state index in [-0.39, 0.29) is 19.8 Å². The van der Waals surface area contributed by atoms with E-state index in [1.54, 1.807) is 0 Å².